The molecule has 0 saturated carbocycles. The summed E-state index contributed by atoms with van der Waals surface area (Å²) in [5, 5.41) is 14.8. The third-order valence-electron chi connectivity index (χ3n) is 2.82. The molecule has 0 aromatic carbocycles. The lowest BCUT2D eigenvalue weighted by Gasteiger charge is -2.26. The Hall–Kier alpha value is -1.57. The Bertz CT molecular complexity index is 468. The first kappa shape index (κ1) is 12.9. The van der Waals surface area contributed by atoms with Crippen LogP contribution in [0.3, 0.4) is 0 Å². The van der Waals surface area contributed by atoms with Crippen LogP contribution >= 0.6 is 11.8 Å². The fourth-order valence-corrected chi connectivity index (χ4v) is 2.79. The number of thioether (sulfide) groups is 1. The highest BCUT2D eigenvalue weighted by Crippen LogP contribution is 2.21. The van der Waals surface area contributed by atoms with Crippen molar-refractivity contribution < 1.29 is 9.72 Å². The van der Waals surface area contributed by atoms with E-state index in [1.54, 1.807) is 23.6 Å². The second-order valence-corrected chi connectivity index (χ2v) is 5.08. The smallest absolute Gasteiger partial charge is 0.320 e. The minimum Gasteiger partial charge on any atom is -0.335 e. The van der Waals surface area contributed by atoms with Gasteiger partial charge in [-0.25, -0.2) is 0 Å². The average molecular weight is 270 g/mol. The highest BCUT2D eigenvalue weighted by atomic mass is 32.2. The average Bonchev–Trinajstić information content (AvgIpc) is 2.82. The van der Waals surface area contributed by atoms with E-state index in [1.165, 1.54) is 4.68 Å². The molecule has 0 aliphatic carbocycles. The van der Waals surface area contributed by atoms with E-state index in [4.69, 9.17) is 0 Å². The lowest BCUT2D eigenvalue weighted by atomic mass is 10.3. The number of carbonyl (C=O) groups excluding carboxylic acids is 1. The van der Waals surface area contributed by atoms with Gasteiger partial charge in [-0.3, -0.25) is 19.6 Å². The van der Waals surface area contributed by atoms with Gasteiger partial charge in [0, 0.05) is 31.1 Å². The number of hydrogen-bond donors (Lipinski definition) is 0. The molecule has 1 amide bonds. The molecule has 1 aliphatic rings. The van der Waals surface area contributed by atoms with Crippen LogP contribution in [0.4, 0.5) is 5.69 Å². The topological polar surface area (TPSA) is 81.3 Å². The first-order valence-electron chi connectivity index (χ1n) is 5.72. The van der Waals surface area contributed by atoms with Crippen LogP contribution in [0, 0.1) is 10.1 Å². The maximum Gasteiger partial charge on any atom is 0.320 e. The Labute approximate surface area is 108 Å². The molecule has 18 heavy (non-hydrogen) atoms. The molecule has 0 radical (unpaired) electrons. The molecule has 1 saturated heterocycles. The zero-order chi connectivity index (χ0) is 13.1. The monoisotopic (exact) mass is 270 g/mol. The molecule has 1 aromatic rings. The summed E-state index contributed by atoms with van der Waals surface area (Å²) in [6.45, 7) is 3.52. The van der Waals surface area contributed by atoms with Crippen molar-refractivity contribution in [2.75, 3.05) is 24.6 Å². The second-order valence-electron chi connectivity index (χ2n) is 3.86. The highest BCUT2D eigenvalue weighted by molar-refractivity contribution is 7.99. The van der Waals surface area contributed by atoms with Gasteiger partial charge in [-0.1, -0.05) is 0 Å². The summed E-state index contributed by atoms with van der Waals surface area (Å²) in [5.74, 6) is 1.46. The van der Waals surface area contributed by atoms with Gasteiger partial charge in [-0.2, -0.15) is 16.9 Å². The van der Waals surface area contributed by atoms with E-state index in [-0.39, 0.29) is 17.3 Å². The van der Waals surface area contributed by atoms with Crippen molar-refractivity contribution in [1.82, 2.24) is 14.7 Å². The fourth-order valence-electron chi connectivity index (χ4n) is 1.89. The van der Waals surface area contributed by atoms with E-state index >= 15 is 0 Å². The molecule has 1 aliphatic heterocycles. The van der Waals surface area contributed by atoms with E-state index in [0.29, 0.717) is 19.6 Å². The highest BCUT2D eigenvalue weighted by Gasteiger charge is 2.30. The van der Waals surface area contributed by atoms with Crippen LogP contribution in [0.2, 0.25) is 0 Å². The summed E-state index contributed by atoms with van der Waals surface area (Å²) in [7, 11) is 0. The zero-order valence-electron chi connectivity index (χ0n) is 10.0. The number of rotatable bonds is 3. The molecule has 98 valence electrons. The largest absolute Gasteiger partial charge is 0.335 e. The lowest BCUT2D eigenvalue weighted by Crippen LogP contribution is -2.39. The van der Waals surface area contributed by atoms with E-state index in [9.17, 15) is 14.9 Å². The van der Waals surface area contributed by atoms with Crippen molar-refractivity contribution in [3.05, 3.63) is 22.0 Å². The quantitative estimate of drug-likeness (QED) is 0.604. The van der Waals surface area contributed by atoms with Gasteiger partial charge >= 0.3 is 5.69 Å². The Morgan fingerprint density at radius 1 is 1.56 bits per heavy atom. The Morgan fingerprint density at radius 2 is 2.22 bits per heavy atom. The van der Waals surface area contributed by atoms with E-state index < -0.39 is 4.92 Å². The minimum absolute atomic E-state index is 0.0920. The van der Waals surface area contributed by atoms with Crippen molar-refractivity contribution in [3.8, 4) is 0 Å². The molecule has 1 fully saturated rings. The van der Waals surface area contributed by atoms with Crippen LogP contribution in [0.25, 0.3) is 0 Å². The summed E-state index contributed by atoms with van der Waals surface area (Å²) in [5.41, 5.74) is -0.116. The molecule has 2 rings (SSSR count). The lowest BCUT2D eigenvalue weighted by molar-refractivity contribution is -0.385. The summed E-state index contributed by atoms with van der Waals surface area (Å²) in [4.78, 5) is 24.3. The molecule has 0 unspecified atom stereocenters. The molecule has 7 nitrogen and oxygen atoms in total. The summed E-state index contributed by atoms with van der Waals surface area (Å²) < 4.78 is 1.39. The van der Waals surface area contributed by atoms with Gasteiger partial charge in [0.1, 0.15) is 6.20 Å². The molecule has 0 bridgehead atoms. The van der Waals surface area contributed by atoms with Gasteiger partial charge in [0.05, 0.1) is 4.92 Å². The van der Waals surface area contributed by atoms with Crippen molar-refractivity contribution in [1.29, 1.82) is 0 Å². The third-order valence-corrected chi connectivity index (χ3v) is 3.76. The minimum atomic E-state index is -0.551. The molecule has 2 heterocycles. The van der Waals surface area contributed by atoms with E-state index in [1.807, 2.05) is 0 Å². The number of nitro groups is 1. The summed E-state index contributed by atoms with van der Waals surface area (Å²) in [6.07, 6.45) is 1.15. The fraction of sp³-hybridized carbons (Fsp3) is 0.600. The first-order valence-corrected chi connectivity index (χ1v) is 6.87. The van der Waals surface area contributed by atoms with Gasteiger partial charge in [-0.15, -0.1) is 0 Å². The Balaban J connectivity index is 2.32. The predicted octanol–water partition coefficient (Wildman–Crippen LogP) is 1.00. The number of aromatic nitrogens is 2. The zero-order valence-corrected chi connectivity index (χ0v) is 10.9. The Kier molecular flexibility index (Phi) is 3.85. The number of hydrogen-bond acceptors (Lipinski definition) is 5. The normalized spacial score (nSPS) is 15.7. The number of aryl methyl sites for hydroxylation is 1. The Morgan fingerprint density at radius 3 is 2.78 bits per heavy atom. The van der Waals surface area contributed by atoms with Crippen LogP contribution in [-0.4, -0.2) is 50.1 Å². The van der Waals surface area contributed by atoms with Gasteiger partial charge < -0.3 is 4.90 Å². The van der Waals surface area contributed by atoms with Crippen LogP contribution in [0.15, 0.2) is 6.20 Å². The second kappa shape index (κ2) is 5.38. The molecule has 0 atom stereocenters. The molecule has 8 heteroatoms. The van der Waals surface area contributed by atoms with Gasteiger partial charge in [0.15, 0.2) is 0 Å². The van der Waals surface area contributed by atoms with Crippen LogP contribution in [0.1, 0.15) is 17.4 Å². The van der Waals surface area contributed by atoms with Crippen molar-refractivity contribution in [2.45, 2.75) is 13.5 Å². The molecular formula is C10H14N4O3S. The van der Waals surface area contributed by atoms with Crippen LogP contribution in [0.5, 0.6) is 0 Å². The maximum atomic E-state index is 12.3. The predicted molar refractivity (Wildman–Crippen MR) is 67.8 cm³/mol. The number of carbonyl (C=O) groups is 1. The number of nitrogens with zero attached hydrogens (tertiary/aromatic N) is 4. The van der Waals surface area contributed by atoms with Crippen molar-refractivity contribution >= 4 is 23.4 Å². The van der Waals surface area contributed by atoms with Gasteiger partial charge in [-0.05, 0) is 6.92 Å². The maximum absolute atomic E-state index is 12.3. The van der Waals surface area contributed by atoms with Crippen molar-refractivity contribution in [3.63, 3.8) is 0 Å². The van der Waals surface area contributed by atoms with E-state index in [2.05, 4.69) is 5.10 Å². The van der Waals surface area contributed by atoms with Gasteiger partial charge in [0.2, 0.25) is 5.69 Å². The SMILES string of the molecule is CCn1ncc([N+](=O)[O-])c1C(=O)N1CCSCC1. The molecule has 1 aromatic heterocycles. The summed E-state index contributed by atoms with van der Waals surface area (Å²) >= 11 is 1.78. The van der Waals surface area contributed by atoms with Crippen molar-refractivity contribution in [2.24, 2.45) is 0 Å². The van der Waals surface area contributed by atoms with Crippen LogP contribution in [-0.2, 0) is 6.54 Å². The first-order chi connectivity index (χ1) is 8.65. The third kappa shape index (κ3) is 2.33. The molecule has 0 spiro atoms. The molecular weight excluding hydrogens is 256 g/mol. The molecule has 0 N–H and O–H groups in total. The standard InChI is InChI=1S/C10H14N4O3S/c1-2-13-9(8(7-11-13)14(16)17)10(15)12-3-5-18-6-4-12/h7H,2-6H2,1H3. The number of amides is 1. The van der Waals surface area contributed by atoms with Gasteiger partial charge in [0.25, 0.3) is 5.91 Å². The van der Waals surface area contributed by atoms with E-state index in [0.717, 1.165) is 17.7 Å². The summed E-state index contributed by atoms with van der Waals surface area (Å²) in [6, 6.07) is 0. The van der Waals surface area contributed by atoms with Crippen LogP contribution < -0.4 is 0 Å².